The van der Waals surface area contributed by atoms with Crippen molar-refractivity contribution in [3.63, 3.8) is 0 Å². The first-order valence-electron chi connectivity index (χ1n) is 6.65. The van der Waals surface area contributed by atoms with Gasteiger partial charge >= 0.3 is 0 Å². The van der Waals surface area contributed by atoms with E-state index >= 15 is 0 Å². The Balaban J connectivity index is 1.99. The molecule has 0 saturated heterocycles. The van der Waals surface area contributed by atoms with E-state index in [1.165, 1.54) is 24.3 Å². The molecule has 4 nitrogen and oxygen atoms in total. The Morgan fingerprint density at radius 3 is 2.45 bits per heavy atom. The number of carbonyl (C=O) groups excluding carboxylic acids is 1. The normalized spacial score (nSPS) is 11.2. The van der Waals surface area contributed by atoms with Gasteiger partial charge < -0.3 is 5.32 Å². The number of halogens is 1. The van der Waals surface area contributed by atoms with Crippen molar-refractivity contribution in [2.45, 2.75) is 12.7 Å². The smallest absolute Gasteiger partial charge is 0.239 e. The van der Waals surface area contributed by atoms with Crippen molar-refractivity contribution in [2.24, 2.45) is 0 Å². The lowest BCUT2D eigenvalue weighted by molar-refractivity contribution is -0.113. The molecule has 0 aliphatic carbocycles. The summed E-state index contributed by atoms with van der Waals surface area (Å²) in [7, 11) is -3.57. The summed E-state index contributed by atoms with van der Waals surface area (Å²) in [5.41, 5.74) is 1.97. The van der Waals surface area contributed by atoms with Crippen LogP contribution in [-0.4, -0.2) is 20.1 Å². The van der Waals surface area contributed by atoms with E-state index in [4.69, 9.17) is 0 Å². The average Bonchev–Trinajstić information content (AvgIpc) is 2.40. The molecule has 6 heteroatoms. The van der Waals surface area contributed by atoms with Crippen LogP contribution in [0.3, 0.4) is 0 Å². The molecule has 0 aromatic heterocycles. The zero-order valence-electron chi connectivity index (χ0n) is 12.0. The van der Waals surface area contributed by atoms with E-state index in [1.54, 1.807) is 18.2 Å². The number of benzene rings is 2. The number of amides is 1. The average molecular weight is 321 g/mol. The van der Waals surface area contributed by atoms with Crippen molar-refractivity contribution < 1.29 is 17.6 Å². The number of anilines is 1. The topological polar surface area (TPSA) is 63.2 Å². The number of hydrogen-bond acceptors (Lipinski definition) is 3. The van der Waals surface area contributed by atoms with Gasteiger partial charge in [0.2, 0.25) is 5.91 Å². The highest BCUT2D eigenvalue weighted by atomic mass is 32.2. The zero-order valence-corrected chi connectivity index (χ0v) is 12.9. The molecular formula is C16H16FNO3S. The highest BCUT2D eigenvalue weighted by Crippen LogP contribution is 2.11. The van der Waals surface area contributed by atoms with E-state index in [2.05, 4.69) is 5.32 Å². The van der Waals surface area contributed by atoms with Crippen LogP contribution in [0.15, 0.2) is 48.5 Å². The van der Waals surface area contributed by atoms with Gasteiger partial charge in [-0.25, -0.2) is 12.8 Å². The van der Waals surface area contributed by atoms with Crippen molar-refractivity contribution in [3.8, 4) is 0 Å². The van der Waals surface area contributed by atoms with Gasteiger partial charge in [-0.1, -0.05) is 29.8 Å². The lowest BCUT2D eigenvalue weighted by Crippen LogP contribution is -2.24. The molecule has 2 aromatic rings. The van der Waals surface area contributed by atoms with Crippen molar-refractivity contribution in [3.05, 3.63) is 65.5 Å². The van der Waals surface area contributed by atoms with Crippen molar-refractivity contribution in [1.82, 2.24) is 0 Å². The fourth-order valence-corrected chi connectivity index (χ4v) is 3.30. The van der Waals surface area contributed by atoms with E-state index in [0.717, 1.165) is 5.56 Å². The van der Waals surface area contributed by atoms with Crippen LogP contribution in [0.1, 0.15) is 11.1 Å². The molecule has 1 N–H and O–H groups in total. The predicted molar refractivity (Wildman–Crippen MR) is 83.7 cm³/mol. The second kappa shape index (κ2) is 6.70. The fraction of sp³-hybridized carbons (Fsp3) is 0.188. The molecular weight excluding hydrogens is 305 g/mol. The maximum absolute atomic E-state index is 12.8. The largest absolute Gasteiger partial charge is 0.325 e. The summed E-state index contributed by atoms with van der Waals surface area (Å²) in [5, 5.41) is 2.44. The van der Waals surface area contributed by atoms with Crippen LogP contribution >= 0.6 is 0 Å². The van der Waals surface area contributed by atoms with Gasteiger partial charge in [0, 0.05) is 5.69 Å². The van der Waals surface area contributed by atoms with Gasteiger partial charge in [0.1, 0.15) is 11.6 Å². The molecule has 0 fully saturated rings. The minimum absolute atomic E-state index is 0.189. The Morgan fingerprint density at radius 2 is 1.82 bits per heavy atom. The minimum atomic E-state index is -3.57. The number of aryl methyl sites for hydroxylation is 1. The van der Waals surface area contributed by atoms with E-state index in [0.29, 0.717) is 11.3 Å². The molecule has 2 rings (SSSR count). The van der Waals surface area contributed by atoms with Crippen LogP contribution < -0.4 is 5.32 Å². The van der Waals surface area contributed by atoms with E-state index in [9.17, 15) is 17.6 Å². The first-order valence-corrected chi connectivity index (χ1v) is 8.47. The quantitative estimate of drug-likeness (QED) is 0.921. The predicted octanol–water partition coefficient (Wildman–Crippen LogP) is 2.69. The van der Waals surface area contributed by atoms with Gasteiger partial charge in [-0.2, -0.15) is 0 Å². The lowest BCUT2D eigenvalue weighted by Gasteiger charge is -2.07. The standard InChI is InChI=1S/C16H16FNO3S/c1-12-3-2-4-13(9-12)10-22(20,21)11-16(19)18-15-7-5-14(17)6-8-15/h2-9H,10-11H2,1H3,(H,18,19). The molecule has 0 aliphatic heterocycles. The Morgan fingerprint density at radius 1 is 1.14 bits per heavy atom. The van der Waals surface area contributed by atoms with E-state index < -0.39 is 27.3 Å². The third-order valence-electron chi connectivity index (χ3n) is 2.95. The zero-order chi connectivity index (χ0) is 16.2. The van der Waals surface area contributed by atoms with E-state index in [1.807, 2.05) is 13.0 Å². The van der Waals surface area contributed by atoms with Gasteiger partial charge in [-0.3, -0.25) is 4.79 Å². The fourth-order valence-electron chi connectivity index (χ4n) is 2.04. The number of nitrogens with one attached hydrogen (secondary N) is 1. The molecule has 0 spiro atoms. The number of hydrogen-bond donors (Lipinski definition) is 1. The molecule has 1 amide bonds. The van der Waals surface area contributed by atoms with Crippen LogP contribution in [0.5, 0.6) is 0 Å². The van der Waals surface area contributed by atoms with Gasteiger partial charge in [0.05, 0.1) is 5.75 Å². The molecule has 0 heterocycles. The van der Waals surface area contributed by atoms with Gasteiger partial charge in [0.25, 0.3) is 0 Å². The summed E-state index contributed by atoms with van der Waals surface area (Å²) in [6.07, 6.45) is 0. The van der Waals surface area contributed by atoms with Gasteiger partial charge in [0.15, 0.2) is 9.84 Å². The molecule has 0 unspecified atom stereocenters. The maximum atomic E-state index is 12.8. The van der Waals surface area contributed by atoms with E-state index in [-0.39, 0.29) is 5.75 Å². The second-order valence-corrected chi connectivity index (χ2v) is 7.14. The third-order valence-corrected chi connectivity index (χ3v) is 4.42. The monoisotopic (exact) mass is 321 g/mol. The van der Waals surface area contributed by atoms with Crippen LogP contribution in [0.4, 0.5) is 10.1 Å². The molecule has 2 aromatic carbocycles. The Labute approximate surface area is 128 Å². The van der Waals surface area contributed by atoms with Crippen molar-refractivity contribution in [1.29, 1.82) is 0 Å². The maximum Gasteiger partial charge on any atom is 0.239 e. The molecule has 116 valence electrons. The Bertz CT molecular complexity index is 770. The minimum Gasteiger partial charge on any atom is -0.325 e. The third kappa shape index (κ3) is 4.96. The highest BCUT2D eigenvalue weighted by Gasteiger charge is 2.17. The lowest BCUT2D eigenvalue weighted by atomic mass is 10.2. The van der Waals surface area contributed by atoms with Crippen molar-refractivity contribution in [2.75, 3.05) is 11.1 Å². The van der Waals surface area contributed by atoms with Gasteiger partial charge in [-0.05, 0) is 36.8 Å². The summed E-state index contributed by atoms with van der Waals surface area (Å²) < 4.78 is 36.9. The van der Waals surface area contributed by atoms with Crippen LogP contribution in [-0.2, 0) is 20.4 Å². The van der Waals surface area contributed by atoms with Gasteiger partial charge in [-0.15, -0.1) is 0 Å². The SMILES string of the molecule is Cc1cccc(CS(=O)(=O)CC(=O)Nc2ccc(F)cc2)c1. The summed E-state index contributed by atoms with van der Waals surface area (Å²) in [6.45, 7) is 1.87. The first-order chi connectivity index (χ1) is 10.3. The summed E-state index contributed by atoms with van der Waals surface area (Å²) >= 11 is 0. The molecule has 0 atom stereocenters. The number of rotatable bonds is 5. The number of sulfone groups is 1. The first kappa shape index (κ1) is 16.2. The molecule has 0 bridgehead atoms. The second-order valence-electron chi connectivity index (χ2n) is 5.08. The summed E-state index contributed by atoms with van der Waals surface area (Å²) in [6, 6.07) is 12.3. The van der Waals surface area contributed by atoms with Crippen LogP contribution in [0.2, 0.25) is 0 Å². The Hall–Kier alpha value is -2.21. The highest BCUT2D eigenvalue weighted by molar-refractivity contribution is 7.91. The molecule has 0 radical (unpaired) electrons. The molecule has 0 aliphatic rings. The van der Waals surface area contributed by atoms with Crippen LogP contribution in [0.25, 0.3) is 0 Å². The molecule has 22 heavy (non-hydrogen) atoms. The Kier molecular flexibility index (Phi) is 4.92. The summed E-state index contributed by atoms with van der Waals surface area (Å²) in [4.78, 5) is 11.8. The van der Waals surface area contributed by atoms with Crippen LogP contribution in [0, 0.1) is 12.7 Å². The van der Waals surface area contributed by atoms with Crippen molar-refractivity contribution >= 4 is 21.4 Å². The number of carbonyl (C=O) groups is 1. The molecule has 0 saturated carbocycles. The summed E-state index contributed by atoms with van der Waals surface area (Å²) in [5.74, 6) is -1.87.